The zero-order chi connectivity index (χ0) is 29.8. The number of rotatable bonds is 8. The van der Waals surface area contributed by atoms with Crippen LogP contribution < -0.4 is 14.9 Å². The number of benzene rings is 4. The smallest absolute Gasteiger partial charge is 0.264 e. The van der Waals surface area contributed by atoms with Gasteiger partial charge in [0.25, 0.3) is 15.9 Å². The molecule has 41 heavy (non-hydrogen) atoms. The summed E-state index contributed by atoms with van der Waals surface area (Å²) in [6, 6.07) is 26.7. The van der Waals surface area contributed by atoms with Crippen molar-refractivity contribution in [1.82, 2.24) is 0 Å². The number of nitrogens with one attached hydrogen (secondary N) is 2. The molecule has 4 aromatic rings. The number of hydrogen-bond donors (Lipinski definition) is 2. The topological polar surface area (TPSA) is 95.6 Å². The van der Waals surface area contributed by atoms with Crippen LogP contribution in [-0.4, -0.2) is 26.8 Å². The third-order valence-electron chi connectivity index (χ3n) is 6.43. The first-order chi connectivity index (χ1) is 19.3. The van der Waals surface area contributed by atoms with Gasteiger partial charge in [0.15, 0.2) is 0 Å². The van der Waals surface area contributed by atoms with Gasteiger partial charge in [-0.1, -0.05) is 68.3 Å². The SMILES string of the molecule is Cc1ccc(S(=O)(=O)N(CC(=O)Nc2cccc(NC(=O)c3ccc(C(C)(C)C)cc3)c2)c2ccc(Cl)cc2)cc1. The summed E-state index contributed by atoms with van der Waals surface area (Å²) in [7, 11) is -4.07. The van der Waals surface area contributed by atoms with Gasteiger partial charge >= 0.3 is 0 Å². The second-order valence-corrected chi connectivity index (χ2v) is 13.0. The van der Waals surface area contributed by atoms with Gasteiger partial charge in [0.1, 0.15) is 6.54 Å². The van der Waals surface area contributed by atoms with E-state index in [0.29, 0.717) is 27.6 Å². The number of anilines is 3. The van der Waals surface area contributed by atoms with E-state index in [1.54, 1.807) is 72.8 Å². The van der Waals surface area contributed by atoms with Gasteiger partial charge in [0, 0.05) is 22.0 Å². The van der Waals surface area contributed by atoms with Crippen molar-refractivity contribution in [3.05, 3.63) is 119 Å². The van der Waals surface area contributed by atoms with E-state index in [1.165, 1.54) is 12.1 Å². The van der Waals surface area contributed by atoms with E-state index in [1.807, 2.05) is 19.1 Å². The molecule has 0 fully saturated rings. The van der Waals surface area contributed by atoms with Crippen molar-refractivity contribution < 1.29 is 18.0 Å². The summed E-state index contributed by atoms with van der Waals surface area (Å²) in [5.74, 6) is -0.844. The van der Waals surface area contributed by atoms with Crippen molar-refractivity contribution in [3.8, 4) is 0 Å². The van der Waals surface area contributed by atoms with Crippen molar-refractivity contribution in [1.29, 1.82) is 0 Å². The van der Waals surface area contributed by atoms with Crippen LogP contribution in [0.25, 0.3) is 0 Å². The van der Waals surface area contributed by atoms with Crippen molar-refractivity contribution in [2.24, 2.45) is 0 Å². The average molecular weight is 590 g/mol. The Morgan fingerprint density at radius 1 is 0.805 bits per heavy atom. The maximum absolute atomic E-state index is 13.6. The molecule has 0 saturated heterocycles. The summed E-state index contributed by atoms with van der Waals surface area (Å²) in [6.45, 7) is 7.70. The highest BCUT2D eigenvalue weighted by molar-refractivity contribution is 7.92. The summed E-state index contributed by atoms with van der Waals surface area (Å²) < 4.78 is 28.2. The molecule has 7 nitrogen and oxygen atoms in total. The Balaban J connectivity index is 1.50. The molecule has 4 rings (SSSR count). The molecule has 0 radical (unpaired) electrons. The highest BCUT2D eigenvalue weighted by Crippen LogP contribution is 2.26. The molecule has 0 aliphatic heterocycles. The highest BCUT2D eigenvalue weighted by Gasteiger charge is 2.27. The summed E-state index contributed by atoms with van der Waals surface area (Å²) in [5.41, 5.74) is 3.69. The first-order valence-corrected chi connectivity index (χ1v) is 14.8. The van der Waals surface area contributed by atoms with Crippen LogP contribution in [0.5, 0.6) is 0 Å². The standard InChI is InChI=1S/C32H32ClN3O4S/c1-22-8-18-29(19-9-22)41(39,40)36(28-16-14-25(33)15-17-28)21-30(37)34-26-6-5-7-27(20-26)35-31(38)23-10-12-24(13-11-23)32(2,3)4/h5-20H,21H2,1-4H3,(H,34,37)(H,35,38). The largest absolute Gasteiger partial charge is 0.324 e. The van der Waals surface area contributed by atoms with Gasteiger partial charge in [-0.25, -0.2) is 8.42 Å². The van der Waals surface area contributed by atoms with E-state index in [0.717, 1.165) is 15.4 Å². The van der Waals surface area contributed by atoms with E-state index >= 15 is 0 Å². The number of carbonyl (C=O) groups is 2. The predicted octanol–water partition coefficient (Wildman–Crippen LogP) is 7.03. The lowest BCUT2D eigenvalue weighted by Crippen LogP contribution is -2.38. The van der Waals surface area contributed by atoms with Crippen LogP contribution in [0, 0.1) is 6.92 Å². The molecule has 0 atom stereocenters. The molecule has 0 heterocycles. The number of amides is 2. The summed E-state index contributed by atoms with van der Waals surface area (Å²) in [5, 5.41) is 6.02. The highest BCUT2D eigenvalue weighted by atomic mass is 35.5. The quantitative estimate of drug-likeness (QED) is 0.231. The van der Waals surface area contributed by atoms with E-state index < -0.39 is 22.5 Å². The molecule has 212 valence electrons. The van der Waals surface area contributed by atoms with Gasteiger partial charge < -0.3 is 10.6 Å². The number of aryl methyl sites for hydroxylation is 1. The Bertz CT molecular complexity index is 1650. The lowest BCUT2D eigenvalue weighted by molar-refractivity contribution is -0.114. The fourth-order valence-corrected chi connectivity index (χ4v) is 5.64. The lowest BCUT2D eigenvalue weighted by atomic mass is 9.87. The molecule has 0 bridgehead atoms. The van der Waals surface area contributed by atoms with Crippen molar-refractivity contribution in [3.63, 3.8) is 0 Å². The average Bonchev–Trinajstić information content (AvgIpc) is 2.92. The number of carbonyl (C=O) groups excluding carboxylic acids is 2. The van der Waals surface area contributed by atoms with Crippen molar-refractivity contribution in [2.75, 3.05) is 21.5 Å². The maximum Gasteiger partial charge on any atom is 0.264 e. The number of sulfonamides is 1. The van der Waals surface area contributed by atoms with Crippen LogP contribution in [-0.2, 0) is 20.2 Å². The second-order valence-electron chi connectivity index (χ2n) is 10.7. The van der Waals surface area contributed by atoms with Gasteiger partial charge in [-0.3, -0.25) is 13.9 Å². The Kier molecular flexibility index (Phi) is 8.85. The number of hydrogen-bond acceptors (Lipinski definition) is 4. The van der Waals surface area contributed by atoms with Gasteiger partial charge in [0.05, 0.1) is 10.6 Å². The van der Waals surface area contributed by atoms with E-state index in [2.05, 4.69) is 31.4 Å². The lowest BCUT2D eigenvalue weighted by Gasteiger charge is -2.24. The fraction of sp³-hybridized carbons (Fsp3) is 0.188. The minimum atomic E-state index is -4.07. The van der Waals surface area contributed by atoms with Crippen LogP contribution in [0.15, 0.2) is 102 Å². The normalized spacial score (nSPS) is 11.5. The molecule has 4 aromatic carbocycles. The van der Waals surface area contributed by atoms with Crippen LogP contribution in [0.4, 0.5) is 17.1 Å². The molecule has 0 aromatic heterocycles. The maximum atomic E-state index is 13.6. The van der Waals surface area contributed by atoms with Gasteiger partial charge in [0.2, 0.25) is 5.91 Å². The number of nitrogens with zero attached hydrogens (tertiary/aromatic N) is 1. The van der Waals surface area contributed by atoms with E-state index in [9.17, 15) is 18.0 Å². The van der Waals surface area contributed by atoms with Crippen LogP contribution in [0.1, 0.15) is 42.3 Å². The summed E-state index contributed by atoms with van der Waals surface area (Å²) in [4.78, 5) is 26.0. The fourth-order valence-electron chi connectivity index (χ4n) is 4.09. The van der Waals surface area contributed by atoms with Crippen LogP contribution in [0.3, 0.4) is 0 Å². The first kappa shape index (κ1) is 29.8. The van der Waals surface area contributed by atoms with E-state index in [4.69, 9.17) is 11.6 Å². The molecule has 2 N–H and O–H groups in total. The van der Waals surface area contributed by atoms with Crippen LogP contribution >= 0.6 is 11.6 Å². The second kappa shape index (κ2) is 12.2. The third-order valence-corrected chi connectivity index (χ3v) is 8.47. The Morgan fingerprint density at radius 2 is 1.39 bits per heavy atom. The summed E-state index contributed by atoms with van der Waals surface area (Å²) >= 11 is 6.02. The van der Waals surface area contributed by atoms with Crippen molar-refractivity contribution >= 4 is 50.5 Å². The van der Waals surface area contributed by atoms with Crippen molar-refractivity contribution in [2.45, 2.75) is 38.0 Å². The predicted molar refractivity (Wildman–Crippen MR) is 165 cm³/mol. The Morgan fingerprint density at radius 3 is 1.98 bits per heavy atom. The molecule has 0 aliphatic carbocycles. The monoisotopic (exact) mass is 589 g/mol. The molecular weight excluding hydrogens is 558 g/mol. The zero-order valence-corrected chi connectivity index (χ0v) is 24.9. The van der Waals surface area contributed by atoms with E-state index in [-0.39, 0.29) is 16.2 Å². The molecule has 2 amide bonds. The molecular formula is C32H32ClN3O4S. The van der Waals surface area contributed by atoms with Crippen LogP contribution in [0.2, 0.25) is 5.02 Å². The third kappa shape index (κ3) is 7.54. The molecule has 0 aliphatic rings. The zero-order valence-electron chi connectivity index (χ0n) is 23.3. The molecule has 0 unspecified atom stereocenters. The molecule has 0 spiro atoms. The minimum Gasteiger partial charge on any atom is -0.324 e. The van der Waals surface area contributed by atoms with Gasteiger partial charge in [-0.2, -0.15) is 0 Å². The van der Waals surface area contributed by atoms with Gasteiger partial charge in [-0.15, -0.1) is 0 Å². The molecule has 0 saturated carbocycles. The minimum absolute atomic E-state index is 0.0237. The Labute approximate surface area is 246 Å². The molecule has 9 heteroatoms. The summed E-state index contributed by atoms with van der Waals surface area (Å²) in [6.07, 6.45) is 0. The number of halogens is 1. The van der Waals surface area contributed by atoms with Gasteiger partial charge in [-0.05, 0) is 84.6 Å². The Hall–Kier alpha value is -4.14. The first-order valence-electron chi connectivity index (χ1n) is 13.0.